The van der Waals surface area contributed by atoms with Crippen molar-refractivity contribution in [1.82, 2.24) is 10.2 Å². The lowest BCUT2D eigenvalue weighted by molar-refractivity contribution is -0.125. The largest absolute Gasteiger partial charge is 0.308 e. The highest BCUT2D eigenvalue weighted by molar-refractivity contribution is 6.15. The van der Waals surface area contributed by atoms with E-state index in [1.165, 1.54) is 6.07 Å². The molecule has 27 heavy (non-hydrogen) atoms. The number of benzene rings is 2. The Morgan fingerprint density at radius 2 is 1.89 bits per heavy atom. The summed E-state index contributed by atoms with van der Waals surface area (Å²) in [5.41, 5.74) is 1.02. The van der Waals surface area contributed by atoms with Gasteiger partial charge in [-0.25, -0.2) is 4.39 Å². The summed E-state index contributed by atoms with van der Waals surface area (Å²) in [6, 6.07) is 16.8. The van der Waals surface area contributed by atoms with E-state index in [0.717, 1.165) is 37.1 Å². The molecule has 0 radical (unpaired) electrons. The van der Waals surface area contributed by atoms with E-state index < -0.39 is 5.54 Å². The summed E-state index contributed by atoms with van der Waals surface area (Å²) in [5, 5.41) is 3.02. The van der Waals surface area contributed by atoms with Gasteiger partial charge in [0.2, 0.25) is 0 Å². The predicted molar refractivity (Wildman–Crippen MR) is 102 cm³/mol. The number of halogens is 1. The van der Waals surface area contributed by atoms with Crippen LogP contribution < -0.4 is 5.32 Å². The normalized spacial score (nSPS) is 29.8. The van der Waals surface area contributed by atoms with Gasteiger partial charge in [0.05, 0.1) is 0 Å². The molecule has 138 valence electrons. The summed E-state index contributed by atoms with van der Waals surface area (Å²) in [4.78, 5) is 20.1. The summed E-state index contributed by atoms with van der Waals surface area (Å²) < 4.78 is 14.0. The number of rotatable bonds is 3. The van der Waals surface area contributed by atoms with Crippen molar-refractivity contribution < 1.29 is 9.18 Å². The first-order chi connectivity index (χ1) is 13.2. The summed E-state index contributed by atoms with van der Waals surface area (Å²) in [5.74, 6) is 1.20. The molecule has 2 aliphatic heterocycles. The van der Waals surface area contributed by atoms with Crippen LogP contribution in [0.15, 0.2) is 59.6 Å². The Hall–Kier alpha value is -2.53. The number of nitrogens with one attached hydrogen (secondary N) is 1. The second kappa shape index (κ2) is 6.27. The summed E-state index contributed by atoms with van der Waals surface area (Å²) in [6.45, 7) is 2.29. The predicted octanol–water partition coefficient (Wildman–Crippen LogP) is 2.98. The molecule has 1 saturated heterocycles. The van der Waals surface area contributed by atoms with Crippen molar-refractivity contribution in [3.05, 3.63) is 71.5 Å². The molecule has 2 aromatic rings. The Kier molecular flexibility index (Phi) is 3.86. The number of amides is 1. The van der Waals surface area contributed by atoms with Gasteiger partial charge in [-0.1, -0.05) is 48.5 Å². The van der Waals surface area contributed by atoms with E-state index in [9.17, 15) is 9.18 Å². The minimum Gasteiger partial charge on any atom is -0.308 e. The van der Waals surface area contributed by atoms with Crippen molar-refractivity contribution in [3.63, 3.8) is 0 Å². The Balaban J connectivity index is 1.39. The molecule has 0 aromatic heterocycles. The van der Waals surface area contributed by atoms with E-state index >= 15 is 0 Å². The zero-order valence-electron chi connectivity index (χ0n) is 15.1. The van der Waals surface area contributed by atoms with Gasteiger partial charge in [-0.3, -0.25) is 14.7 Å². The van der Waals surface area contributed by atoms with E-state index in [4.69, 9.17) is 4.99 Å². The molecule has 3 aliphatic rings. The Morgan fingerprint density at radius 3 is 2.70 bits per heavy atom. The number of carbonyl (C=O) groups is 1. The van der Waals surface area contributed by atoms with Gasteiger partial charge in [0.15, 0.2) is 0 Å². The smallest absolute Gasteiger partial charge is 0.253 e. The molecule has 1 amide bonds. The molecule has 4 nitrogen and oxygen atoms in total. The molecule has 0 bridgehead atoms. The van der Waals surface area contributed by atoms with Crippen molar-refractivity contribution in [2.75, 3.05) is 13.1 Å². The number of amidine groups is 1. The molecular formula is C22H22FN3O. The Labute approximate surface area is 158 Å². The average molecular weight is 363 g/mol. The van der Waals surface area contributed by atoms with Crippen LogP contribution in [-0.2, 0) is 11.3 Å². The van der Waals surface area contributed by atoms with Crippen LogP contribution in [0.5, 0.6) is 0 Å². The number of fused-ring (bicyclic) bond motifs is 2. The summed E-state index contributed by atoms with van der Waals surface area (Å²) >= 11 is 0. The van der Waals surface area contributed by atoms with E-state index in [0.29, 0.717) is 18.3 Å². The summed E-state index contributed by atoms with van der Waals surface area (Å²) in [6.07, 6.45) is 1.80. The highest BCUT2D eigenvalue weighted by Crippen LogP contribution is 2.49. The quantitative estimate of drug-likeness (QED) is 0.911. The number of nitrogens with zero attached hydrogens (tertiary/aromatic N) is 2. The van der Waals surface area contributed by atoms with Crippen LogP contribution in [0.2, 0.25) is 0 Å². The van der Waals surface area contributed by atoms with Gasteiger partial charge in [-0.15, -0.1) is 0 Å². The Bertz CT molecular complexity index is 913. The molecule has 5 heteroatoms. The highest BCUT2D eigenvalue weighted by Gasteiger charge is 2.59. The molecular weight excluding hydrogens is 341 g/mol. The third-order valence-electron chi connectivity index (χ3n) is 6.36. The molecule has 3 atom stereocenters. The van der Waals surface area contributed by atoms with Crippen LogP contribution in [0, 0.1) is 17.7 Å². The van der Waals surface area contributed by atoms with Crippen molar-refractivity contribution in [1.29, 1.82) is 0 Å². The molecule has 5 rings (SSSR count). The molecule has 2 aromatic carbocycles. The lowest BCUT2D eigenvalue weighted by atomic mass is 9.85. The van der Waals surface area contributed by atoms with Gasteiger partial charge in [0, 0.05) is 36.7 Å². The fourth-order valence-electron chi connectivity index (χ4n) is 5.03. The standard InChI is InChI=1S/C22H22FN3O/c23-19-9-5-4-8-17(19)13-26-12-16-10-11-22(18(16)14-26)21(27)24-20(25-22)15-6-2-1-3-7-15/h1-9,16,18H,10-14H2,(H,24,25,27)/t16-,18+,22-/m0/s1. The number of carbonyl (C=O) groups excluding carboxylic acids is 1. The maximum atomic E-state index is 14.0. The van der Waals surface area contributed by atoms with Crippen LogP contribution in [0.3, 0.4) is 0 Å². The van der Waals surface area contributed by atoms with Crippen LogP contribution >= 0.6 is 0 Å². The summed E-state index contributed by atoms with van der Waals surface area (Å²) in [7, 11) is 0. The fraction of sp³-hybridized carbons (Fsp3) is 0.364. The Morgan fingerprint density at radius 1 is 1.11 bits per heavy atom. The van der Waals surface area contributed by atoms with Crippen molar-refractivity contribution in [2.24, 2.45) is 16.8 Å². The highest BCUT2D eigenvalue weighted by atomic mass is 19.1. The van der Waals surface area contributed by atoms with Gasteiger partial charge in [0.1, 0.15) is 17.2 Å². The van der Waals surface area contributed by atoms with Crippen molar-refractivity contribution >= 4 is 11.7 Å². The van der Waals surface area contributed by atoms with Crippen LogP contribution in [0.25, 0.3) is 0 Å². The number of hydrogen-bond acceptors (Lipinski definition) is 3. The van der Waals surface area contributed by atoms with Crippen LogP contribution in [0.1, 0.15) is 24.0 Å². The first kappa shape index (κ1) is 16.6. The van der Waals surface area contributed by atoms with Crippen molar-refractivity contribution in [2.45, 2.75) is 24.9 Å². The molecule has 1 saturated carbocycles. The van der Waals surface area contributed by atoms with Gasteiger partial charge < -0.3 is 5.32 Å². The molecule has 2 heterocycles. The number of aliphatic imine (C=N–C) groups is 1. The first-order valence-electron chi connectivity index (χ1n) is 9.58. The maximum absolute atomic E-state index is 14.0. The van der Waals surface area contributed by atoms with E-state index in [1.807, 2.05) is 42.5 Å². The molecule has 0 unspecified atom stereocenters. The topological polar surface area (TPSA) is 44.7 Å². The minimum atomic E-state index is -0.653. The zero-order chi connectivity index (χ0) is 18.4. The second-order valence-electron chi connectivity index (χ2n) is 7.90. The minimum absolute atomic E-state index is 0.0293. The average Bonchev–Trinajstić information content (AvgIpc) is 3.34. The van der Waals surface area contributed by atoms with Crippen LogP contribution in [0.4, 0.5) is 4.39 Å². The molecule has 1 N–H and O–H groups in total. The lowest BCUT2D eigenvalue weighted by Crippen LogP contribution is -2.44. The SMILES string of the molecule is O=C1NC(c2ccccc2)=N[C@]12CC[C@H]1CN(Cc3ccccc3F)C[C@H]12. The monoisotopic (exact) mass is 363 g/mol. The van der Waals surface area contributed by atoms with E-state index in [2.05, 4.69) is 10.2 Å². The third kappa shape index (κ3) is 2.69. The van der Waals surface area contributed by atoms with Crippen LogP contribution in [-0.4, -0.2) is 35.3 Å². The molecule has 1 spiro atoms. The van der Waals surface area contributed by atoms with Crippen molar-refractivity contribution in [3.8, 4) is 0 Å². The zero-order valence-corrected chi connectivity index (χ0v) is 15.1. The van der Waals surface area contributed by atoms with Gasteiger partial charge in [-0.2, -0.15) is 0 Å². The first-order valence-corrected chi connectivity index (χ1v) is 9.58. The number of likely N-dealkylation sites (tertiary alicyclic amines) is 1. The molecule has 1 aliphatic carbocycles. The second-order valence-corrected chi connectivity index (χ2v) is 7.90. The maximum Gasteiger partial charge on any atom is 0.253 e. The lowest BCUT2D eigenvalue weighted by Gasteiger charge is -2.25. The van der Waals surface area contributed by atoms with E-state index in [1.54, 1.807) is 6.07 Å². The van der Waals surface area contributed by atoms with Gasteiger partial charge in [0.25, 0.3) is 5.91 Å². The third-order valence-corrected chi connectivity index (χ3v) is 6.36. The van der Waals surface area contributed by atoms with Gasteiger partial charge >= 0.3 is 0 Å². The van der Waals surface area contributed by atoms with Gasteiger partial charge in [-0.05, 0) is 24.8 Å². The fourth-order valence-corrected chi connectivity index (χ4v) is 5.03. The molecule has 2 fully saturated rings. The number of hydrogen-bond donors (Lipinski definition) is 1. The van der Waals surface area contributed by atoms with E-state index in [-0.39, 0.29) is 17.6 Å².